The molecule has 0 aliphatic rings. The number of hydrogen-bond acceptors (Lipinski definition) is 5. The minimum absolute atomic E-state index is 0.129. The van der Waals surface area contributed by atoms with Crippen LogP contribution in [0.15, 0.2) is 12.1 Å². The molecular weight excluding hydrogens is 399 g/mol. The van der Waals surface area contributed by atoms with E-state index in [9.17, 15) is 9.59 Å². The third kappa shape index (κ3) is 5.92. The van der Waals surface area contributed by atoms with E-state index in [0.717, 1.165) is 14.7 Å². The minimum Gasteiger partial charge on any atom is -0.465 e. The average Bonchev–Trinajstić information content (AvgIpc) is 2.40. The molecular formula is C16H21IO5. The van der Waals surface area contributed by atoms with Crippen LogP contribution in [0.5, 0.6) is 0 Å². The zero-order valence-electron chi connectivity index (χ0n) is 13.5. The first-order valence-corrected chi connectivity index (χ1v) is 7.89. The van der Waals surface area contributed by atoms with Crippen molar-refractivity contribution in [2.45, 2.75) is 39.9 Å². The molecule has 0 saturated carbocycles. The van der Waals surface area contributed by atoms with Crippen molar-refractivity contribution in [2.24, 2.45) is 0 Å². The second kappa shape index (κ2) is 7.92. The number of carbonyl (C=O) groups excluding carboxylic acids is 2. The number of methoxy groups -OCH3 is 1. The largest absolute Gasteiger partial charge is 0.465 e. The maximum atomic E-state index is 11.6. The van der Waals surface area contributed by atoms with Crippen molar-refractivity contribution >= 4 is 34.5 Å². The summed E-state index contributed by atoms with van der Waals surface area (Å²) in [7, 11) is 1.34. The molecule has 0 aromatic heterocycles. The summed E-state index contributed by atoms with van der Waals surface area (Å²) >= 11 is 2.15. The van der Waals surface area contributed by atoms with Gasteiger partial charge in [-0.1, -0.05) is 0 Å². The lowest BCUT2D eigenvalue weighted by molar-refractivity contribution is -0.160. The van der Waals surface area contributed by atoms with E-state index >= 15 is 0 Å². The first kappa shape index (κ1) is 18.9. The first-order valence-electron chi connectivity index (χ1n) is 6.81. The smallest absolute Gasteiger partial charge is 0.337 e. The van der Waals surface area contributed by atoms with Gasteiger partial charge in [-0.15, -0.1) is 0 Å². The highest BCUT2D eigenvalue weighted by atomic mass is 127. The van der Waals surface area contributed by atoms with Crippen LogP contribution in [0.1, 0.15) is 42.3 Å². The van der Waals surface area contributed by atoms with E-state index in [1.165, 1.54) is 7.11 Å². The molecule has 0 aliphatic carbocycles. The van der Waals surface area contributed by atoms with E-state index in [1.807, 2.05) is 6.92 Å². The van der Waals surface area contributed by atoms with E-state index in [4.69, 9.17) is 14.2 Å². The highest BCUT2D eigenvalue weighted by Gasteiger charge is 2.17. The molecule has 5 nitrogen and oxygen atoms in total. The van der Waals surface area contributed by atoms with Crippen molar-refractivity contribution in [2.75, 3.05) is 13.7 Å². The Hall–Kier alpha value is -1.15. The highest BCUT2D eigenvalue weighted by Crippen LogP contribution is 2.20. The van der Waals surface area contributed by atoms with E-state index in [2.05, 4.69) is 22.6 Å². The molecule has 0 heterocycles. The molecule has 1 aromatic carbocycles. The molecule has 0 bridgehead atoms. The van der Waals surface area contributed by atoms with E-state index in [0.29, 0.717) is 5.56 Å². The number of esters is 2. The number of rotatable bonds is 5. The zero-order chi connectivity index (χ0) is 16.9. The second-order valence-corrected chi connectivity index (χ2v) is 6.98. The van der Waals surface area contributed by atoms with Gasteiger partial charge in [0.1, 0.15) is 12.2 Å². The average molecular weight is 420 g/mol. The standard InChI is InChI=1S/C16H21IO5/c1-10-12(6-11(7-13(10)17)15(19)20-5)8-21-9-14(18)22-16(2,3)4/h6-7H,8-9H2,1-5H3. The van der Waals surface area contributed by atoms with Crippen molar-refractivity contribution in [1.82, 2.24) is 0 Å². The van der Waals surface area contributed by atoms with Gasteiger partial charge in [0.15, 0.2) is 0 Å². The van der Waals surface area contributed by atoms with Crippen LogP contribution in [0, 0.1) is 10.5 Å². The molecule has 0 amide bonds. The summed E-state index contributed by atoms with van der Waals surface area (Å²) in [5.41, 5.74) is 1.79. The van der Waals surface area contributed by atoms with Crippen molar-refractivity contribution in [1.29, 1.82) is 0 Å². The number of ether oxygens (including phenoxy) is 3. The Balaban J connectivity index is 2.71. The van der Waals surface area contributed by atoms with E-state index < -0.39 is 17.5 Å². The molecule has 22 heavy (non-hydrogen) atoms. The van der Waals surface area contributed by atoms with Gasteiger partial charge in [0.05, 0.1) is 19.3 Å². The van der Waals surface area contributed by atoms with Crippen LogP contribution in [0.2, 0.25) is 0 Å². The molecule has 122 valence electrons. The van der Waals surface area contributed by atoms with Gasteiger partial charge in [-0.3, -0.25) is 0 Å². The van der Waals surface area contributed by atoms with Gasteiger partial charge >= 0.3 is 11.9 Å². The fourth-order valence-electron chi connectivity index (χ4n) is 1.74. The van der Waals surface area contributed by atoms with Crippen LogP contribution in [0.3, 0.4) is 0 Å². The van der Waals surface area contributed by atoms with Gasteiger partial charge in [-0.2, -0.15) is 0 Å². The normalized spacial score (nSPS) is 11.2. The monoisotopic (exact) mass is 420 g/mol. The van der Waals surface area contributed by atoms with Gasteiger partial charge in [0.25, 0.3) is 0 Å². The number of halogens is 1. The summed E-state index contributed by atoms with van der Waals surface area (Å²) in [5.74, 6) is -0.810. The van der Waals surface area contributed by atoms with Crippen LogP contribution in [-0.4, -0.2) is 31.3 Å². The molecule has 1 aromatic rings. The fourth-order valence-corrected chi connectivity index (χ4v) is 2.42. The van der Waals surface area contributed by atoms with Gasteiger partial charge < -0.3 is 14.2 Å². The summed E-state index contributed by atoms with van der Waals surface area (Å²) in [6.45, 7) is 7.45. The summed E-state index contributed by atoms with van der Waals surface area (Å²) < 4.78 is 16.2. The Kier molecular flexibility index (Phi) is 6.80. The van der Waals surface area contributed by atoms with E-state index in [-0.39, 0.29) is 13.2 Å². The zero-order valence-corrected chi connectivity index (χ0v) is 15.6. The molecule has 6 heteroatoms. The first-order chi connectivity index (χ1) is 10.1. The van der Waals surface area contributed by atoms with Crippen molar-refractivity contribution in [3.05, 3.63) is 32.4 Å². The lowest BCUT2D eigenvalue weighted by atomic mass is 10.1. The summed E-state index contributed by atoms with van der Waals surface area (Å²) in [5, 5.41) is 0. The minimum atomic E-state index is -0.531. The molecule has 0 unspecified atom stereocenters. The van der Waals surface area contributed by atoms with Crippen LogP contribution in [0.25, 0.3) is 0 Å². The lowest BCUT2D eigenvalue weighted by Crippen LogP contribution is -2.26. The predicted molar refractivity (Wildman–Crippen MR) is 90.7 cm³/mol. The quantitative estimate of drug-likeness (QED) is 0.541. The number of carbonyl (C=O) groups is 2. The van der Waals surface area contributed by atoms with Crippen LogP contribution >= 0.6 is 22.6 Å². The molecule has 0 spiro atoms. The fraction of sp³-hybridized carbons (Fsp3) is 0.500. The molecule has 0 aliphatic heterocycles. The van der Waals surface area contributed by atoms with Crippen LogP contribution in [0.4, 0.5) is 0 Å². The van der Waals surface area contributed by atoms with Gasteiger partial charge in [0.2, 0.25) is 0 Å². The Bertz CT molecular complexity index is 560. The number of hydrogen-bond donors (Lipinski definition) is 0. The summed E-state index contributed by atoms with van der Waals surface area (Å²) in [6.07, 6.45) is 0. The van der Waals surface area contributed by atoms with Gasteiger partial charge in [0, 0.05) is 3.57 Å². The SMILES string of the molecule is COC(=O)c1cc(I)c(C)c(COCC(=O)OC(C)(C)C)c1. The lowest BCUT2D eigenvalue weighted by Gasteiger charge is -2.19. The Labute approximate surface area is 144 Å². The molecule has 0 saturated heterocycles. The number of benzene rings is 1. The Morgan fingerprint density at radius 3 is 2.41 bits per heavy atom. The third-order valence-electron chi connectivity index (χ3n) is 2.77. The van der Waals surface area contributed by atoms with Gasteiger partial charge in [-0.05, 0) is 73.5 Å². The molecule has 0 atom stereocenters. The third-order valence-corrected chi connectivity index (χ3v) is 3.89. The Morgan fingerprint density at radius 1 is 1.23 bits per heavy atom. The van der Waals surface area contributed by atoms with Crippen LogP contribution in [-0.2, 0) is 25.6 Å². The van der Waals surface area contributed by atoms with Crippen molar-refractivity contribution in [3.63, 3.8) is 0 Å². The maximum Gasteiger partial charge on any atom is 0.337 e. The van der Waals surface area contributed by atoms with Gasteiger partial charge in [-0.25, -0.2) is 9.59 Å². The molecule has 1 rings (SSSR count). The van der Waals surface area contributed by atoms with Crippen molar-refractivity contribution in [3.8, 4) is 0 Å². The summed E-state index contributed by atoms with van der Waals surface area (Å²) in [4.78, 5) is 23.2. The molecule has 0 fully saturated rings. The van der Waals surface area contributed by atoms with Crippen LogP contribution < -0.4 is 0 Å². The predicted octanol–water partition coefficient (Wildman–Crippen LogP) is 3.24. The Morgan fingerprint density at radius 2 is 1.86 bits per heavy atom. The summed E-state index contributed by atoms with van der Waals surface area (Å²) in [6, 6.07) is 3.48. The maximum absolute atomic E-state index is 11.6. The molecule has 0 N–H and O–H groups in total. The topological polar surface area (TPSA) is 61.8 Å². The van der Waals surface area contributed by atoms with Crippen molar-refractivity contribution < 1.29 is 23.8 Å². The molecule has 0 radical (unpaired) electrons. The highest BCUT2D eigenvalue weighted by molar-refractivity contribution is 14.1. The second-order valence-electron chi connectivity index (χ2n) is 5.81. The van der Waals surface area contributed by atoms with E-state index in [1.54, 1.807) is 32.9 Å².